The fourth-order valence-electron chi connectivity index (χ4n) is 3.03. The summed E-state index contributed by atoms with van der Waals surface area (Å²) in [4.78, 5) is 8.98. The highest BCUT2D eigenvalue weighted by Gasteiger charge is 2.25. The van der Waals surface area contributed by atoms with Crippen LogP contribution in [0.15, 0.2) is 42.6 Å². The molecular formula is C19H25N3O. The molecule has 0 amide bonds. The van der Waals surface area contributed by atoms with Crippen LogP contribution in [0.5, 0.6) is 5.88 Å². The zero-order valence-electron chi connectivity index (χ0n) is 14.2. The lowest BCUT2D eigenvalue weighted by Gasteiger charge is -2.23. The van der Waals surface area contributed by atoms with Gasteiger partial charge in [-0.15, -0.1) is 0 Å². The lowest BCUT2D eigenvalue weighted by atomic mass is 10.1. The fraction of sp³-hybridized carbons (Fsp3) is 0.421. The van der Waals surface area contributed by atoms with Crippen LogP contribution in [0.1, 0.15) is 17.5 Å². The number of pyridine rings is 1. The van der Waals surface area contributed by atoms with E-state index in [-0.39, 0.29) is 6.10 Å². The lowest BCUT2D eigenvalue weighted by molar-refractivity contribution is 0.216. The molecule has 1 unspecified atom stereocenters. The molecule has 3 rings (SSSR count). The predicted octanol–water partition coefficient (Wildman–Crippen LogP) is 3.11. The summed E-state index contributed by atoms with van der Waals surface area (Å²) in [5, 5.41) is 0. The summed E-state index contributed by atoms with van der Waals surface area (Å²) in [6.07, 6.45) is 3.10. The summed E-state index contributed by atoms with van der Waals surface area (Å²) in [5.74, 6) is 0.726. The molecule has 1 fully saturated rings. The van der Waals surface area contributed by atoms with E-state index in [1.165, 1.54) is 11.3 Å². The van der Waals surface area contributed by atoms with E-state index in [1.54, 1.807) is 0 Å². The zero-order chi connectivity index (χ0) is 16.2. The number of hydrogen-bond acceptors (Lipinski definition) is 4. The van der Waals surface area contributed by atoms with Crippen LogP contribution in [-0.4, -0.2) is 43.2 Å². The summed E-state index contributed by atoms with van der Waals surface area (Å²) in [5.41, 5.74) is 3.85. The minimum Gasteiger partial charge on any atom is -0.472 e. The first kappa shape index (κ1) is 15.8. The molecule has 0 radical (unpaired) electrons. The maximum atomic E-state index is 6.04. The van der Waals surface area contributed by atoms with Crippen LogP contribution in [-0.2, 0) is 6.54 Å². The van der Waals surface area contributed by atoms with Crippen LogP contribution in [0.2, 0.25) is 0 Å². The minimum absolute atomic E-state index is 0.206. The summed E-state index contributed by atoms with van der Waals surface area (Å²) in [6.45, 7) is 4.94. The number of anilines is 1. The summed E-state index contributed by atoms with van der Waals surface area (Å²) in [7, 11) is 4.21. The van der Waals surface area contributed by atoms with Crippen molar-refractivity contribution in [3.05, 3.63) is 53.7 Å². The van der Waals surface area contributed by atoms with Crippen molar-refractivity contribution in [2.75, 3.05) is 32.1 Å². The van der Waals surface area contributed by atoms with Crippen LogP contribution < -0.4 is 9.64 Å². The zero-order valence-corrected chi connectivity index (χ0v) is 14.2. The molecule has 0 bridgehead atoms. The number of benzene rings is 1. The van der Waals surface area contributed by atoms with Gasteiger partial charge in [-0.05, 0) is 38.2 Å². The number of hydrogen-bond donors (Lipinski definition) is 0. The van der Waals surface area contributed by atoms with Crippen molar-refractivity contribution in [2.24, 2.45) is 0 Å². The Kier molecular flexibility index (Phi) is 4.82. The van der Waals surface area contributed by atoms with Crippen LogP contribution in [0, 0.1) is 6.92 Å². The van der Waals surface area contributed by atoms with E-state index in [0.29, 0.717) is 0 Å². The molecule has 1 aliphatic rings. The Hall–Kier alpha value is -2.07. The van der Waals surface area contributed by atoms with Crippen molar-refractivity contribution in [3.8, 4) is 5.88 Å². The Balaban J connectivity index is 1.66. The van der Waals surface area contributed by atoms with E-state index in [0.717, 1.165) is 37.5 Å². The third kappa shape index (κ3) is 4.02. The summed E-state index contributed by atoms with van der Waals surface area (Å²) < 4.78 is 6.04. The molecule has 0 spiro atoms. The van der Waals surface area contributed by atoms with Crippen molar-refractivity contribution in [2.45, 2.75) is 26.0 Å². The first-order valence-corrected chi connectivity index (χ1v) is 8.19. The second kappa shape index (κ2) is 7.01. The van der Waals surface area contributed by atoms with Gasteiger partial charge < -0.3 is 14.5 Å². The van der Waals surface area contributed by atoms with Crippen molar-refractivity contribution in [1.29, 1.82) is 0 Å². The fourth-order valence-corrected chi connectivity index (χ4v) is 3.03. The van der Waals surface area contributed by atoms with Gasteiger partial charge in [-0.2, -0.15) is 0 Å². The molecular weight excluding hydrogens is 286 g/mol. The predicted molar refractivity (Wildman–Crippen MR) is 94.1 cm³/mol. The molecule has 0 aliphatic carbocycles. The molecule has 1 saturated heterocycles. The Labute approximate surface area is 138 Å². The Bertz CT molecular complexity index is 639. The van der Waals surface area contributed by atoms with Gasteiger partial charge in [-0.3, -0.25) is 0 Å². The van der Waals surface area contributed by atoms with Crippen molar-refractivity contribution in [3.63, 3.8) is 0 Å². The quantitative estimate of drug-likeness (QED) is 0.848. The molecule has 1 aromatic carbocycles. The minimum atomic E-state index is 0.206. The Morgan fingerprint density at radius 3 is 2.78 bits per heavy atom. The van der Waals surface area contributed by atoms with Crippen LogP contribution in [0.25, 0.3) is 0 Å². The summed E-state index contributed by atoms with van der Waals surface area (Å²) in [6, 6.07) is 12.7. The van der Waals surface area contributed by atoms with Crippen molar-refractivity contribution >= 4 is 5.69 Å². The molecule has 1 aliphatic heterocycles. The highest BCUT2D eigenvalue weighted by Crippen LogP contribution is 2.27. The topological polar surface area (TPSA) is 28.6 Å². The van der Waals surface area contributed by atoms with Crippen molar-refractivity contribution < 1.29 is 4.74 Å². The van der Waals surface area contributed by atoms with E-state index in [1.807, 2.05) is 25.3 Å². The van der Waals surface area contributed by atoms with Gasteiger partial charge in [0.25, 0.3) is 0 Å². The average molecular weight is 311 g/mol. The van der Waals surface area contributed by atoms with Gasteiger partial charge in [0.05, 0.1) is 6.54 Å². The molecule has 4 nitrogen and oxygen atoms in total. The number of ether oxygens (including phenoxy) is 1. The maximum absolute atomic E-state index is 6.04. The molecule has 2 aromatic rings. The standard InChI is InChI=1S/C19H25N3O/c1-15-8-9-19(20-12-15)23-17-10-11-22(14-17)18-7-5-4-6-16(18)13-21(2)3/h4-9,12,17H,10-11,13-14H2,1-3H3. The molecule has 1 aromatic heterocycles. The van der Waals surface area contributed by atoms with Gasteiger partial charge in [0, 0.05) is 37.5 Å². The third-order valence-electron chi connectivity index (χ3n) is 4.14. The van der Waals surface area contributed by atoms with Crippen LogP contribution >= 0.6 is 0 Å². The normalized spacial score (nSPS) is 17.7. The second-order valence-corrected chi connectivity index (χ2v) is 6.51. The molecule has 122 valence electrons. The first-order chi connectivity index (χ1) is 11.1. The number of aromatic nitrogens is 1. The lowest BCUT2D eigenvalue weighted by Crippen LogP contribution is -2.26. The molecule has 0 N–H and O–H groups in total. The van der Waals surface area contributed by atoms with Crippen LogP contribution in [0.4, 0.5) is 5.69 Å². The largest absolute Gasteiger partial charge is 0.472 e. The van der Waals surface area contributed by atoms with Gasteiger partial charge in [-0.25, -0.2) is 4.98 Å². The van der Waals surface area contributed by atoms with E-state index < -0.39 is 0 Å². The van der Waals surface area contributed by atoms with E-state index in [4.69, 9.17) is 4.74 Å². The molecule has 0 saturated carbocycles. The molecule has 2 heterocycles. The number of aryl methyl sites for hydroxylation is 1. The number of para-hydroxylation sites is 1. The monoisotopic (exact) mass is 311 g/mol. The van der Waals surface area contributed by atoms with Gasteiger partial charge in [0.15, 0.2) is 0 Å². The molecule has 23 heavy (non-hydrogen) atoms. The third-order valence-corrected chi connectivity index (χ3v) is 4.14. The van der Waals surface area contributed by atoms with Gasteiger partial charge in [0.1, 0.15) is 6.10 Å². The molecule has 1 atom stereocenters. The van der Waals surface area contributed by atoms with Gasteiger partial charge >= 0.3 is 0 Å². The van der Waals surface area contributed by atoms with Gasteiger partial charge in [0.2, 0.25) is 5.88 Å². The molecule has 4 heteroatoms. The summed E-state index contributed by atoms with van der Waals surface area (Å²) >= 11 is 0. The van der Waals surface area contributed by atoms with Crippen LogP contribution in [0.3, 0.4) is 0 Å². The second-order valence-electron chi connectivity index (χ2n) is 6.51. The SMILES string of the molecule is Cc1ccc(OC2CCN(c3ccccc3CN(C)C)C2)nc1. The maximum Gasteiger partial charge on any atom is 0.213 e. The number of nitrogens with zero attached hydrogens (tertiary/aromatic N) is 3. The van der Waals surface area contributed by atoms with E-state index in [2.05, 4.69) is 53.1 Å². The smallest absolute Gasteiger partial charge is 0.213 e. The Morgan fingerprint density at radius 1 is 1.22 bits per heavy atom. The van der Waals surface area contributed by atoms with Gasteiger partial charge in [-0.1, -0.05) is 24.3 Å². The number of rotatable bonds is 5. The van der Waals surface area contributed by atoms with Crippen molar-refractivity contribution in [1.82, 2.24) is 9.88 Å². The van der Waals surface area contributed by atoms with E-state index in [9.17, 15) is 0 Å². The first-order valence-electron chi connectivity index (χ1n) is 8.19. The Morgan fingerprint density at radius 2 is 2.04 bits per heavy atom. The van der Waals surface area contributed by atoms with E-state index >= 15 is 0 Å². The average Bonchev–Trinajstić information content (AvgIpc) is 2.98. The highest BCUT2D eigenvalue weighted by molar-refractivity contribution is 5.54. The highest BCUT2D eigenvalue weighted by atomic mass is 16.5.